The second-order valence-corrected chi connectivity index (χ2v) is 11.1. The Kier molecular flexibility index (Phi) is 6.86. The fourth-order valence-corrected chi connectivity index (χ4v) is 6.67. The van der Waals surface area contributed by atoms with E-state index in [2.05, 4.69) is 10.2 Å². The van der Waals surface area contributed by atoms with Crippen molar-refractivity contribution >= 4 is 23.5 Å². The molecule has 3 atom stereocenters. The van der Waals surface area contributed by atoms with E-state index in [-0.39, 0.29) is 30.4 Å². The lowest BCUT2D eigenvalue weighted by molar-refractivity contribution is -0.144. The van der Waals surface area contributed by atoms with Gasteiger partial charge in [-0.15, -0.1) is 0 Å². The second-order valence-electron chi connectivity index (χ2n) is 11.1. The number of fused-ring (bicyclic) bond motifs is 4. The van der Waals surface area contributed by atoms with Crippen LogP contribution in [0, 0.1) is 11.3 Å². The van der Waals surface area contributed by atoms with E-state index in [4.69, 9.17) is 9.47 Å². The quantitative estimate of drug-likeness (QED) is 0.446. The highest BCUT2D eigenvalue weighted by Gasteiger charge is 2.56. The molecule has 0 saturated carbocycles. The molecule has 6 rings (SSSR count). The Hall–Kier alpha value is -4.44. The molecular weight excluding hydrogens is 524 g/mol. The van der Waals surface area contributed by atoms with Gasteiger partial charge < -0.3 is 18.9 Å². The number of carbonyl (C=O) groups is 3. The lowest BCUT2D eigenvalue weighted by Crippen LogP contribution is -2.68. The fourth-order valence-electron chi connectivity index (χ4n) is 6.67. The fraction of sp³-hybridized carbons (Fsp3) is 0.355. The zero-order valence-corrected chi connectivity index (χ0v) is 23.0. The summed E-state index contributed by atoms with van der Waals surface area (Å²) in [4.78, 5) is 57.2. The number of ether oxygens (including phenoxy) is 2. The van der Waals surface area contributed by atoms with Crippen molar-refractivity contribution in [2.45, 2.75) is 25.3 Å². The average molecular weight is 557 g/mol. The molecule has 4 heterocycles. The monoisotopic (exact) mass is 556 g/mol. The Morgan fingerprint density at radius 1 is 0.878 bits per heavy atom. The molecule has 41 heavy (non-hydrogen) atoms. The molecule has 3 aliphatic rings. The van der Waals surface area contributed by atoms with Crippen LogP contribution in [0.4, 0.5) is 10.5 Å². The molecule has 3 aliphatic heterocycles. The number of benzene rings is 2. The van der Waals surface area contributed by atoms with Crippen LogP contribution in [0.3, 0.4) is 0 Å². The smallest absolute Gasteiger partial charge is 0.335 e. The highest BCUT2D eigenvalue weighted by Crippen LogP contribution is 2.40. The number of hydrogen-bond acceptors (Lipinski definition) is 7. The number of pyridine rings is 1. The summed E-state index contributed by atoms with van der Waals surface area (Å²) in [6.45, 7) is 1.92. The molecule has 10 heteroatoms. The number of hydrogen-bond donors (Lipinski definition) is 1. The number of anilines is 1. The van der Waals surface area contributed by atoms with Gasteiger partial charge in [-0.1, -0.05) is 24.3 Å². The summed E-state index contributed by atoms with van der Waals surface area (Å²) in [5, 5.41) is 2.48. The Morgan fingerprint density at radius 2 is 1.66 bits per heavy atom. The lowest BCUT2D eigenvalue weighted by atomic mass is 9.75. The van der Waals surface area contributed by atoms with Crippen molar-refractivity contribution in [1.29, 1.82) is 0 Å². The molecule has 1 N–H and O–H groups in total. The molecule has 2 saturated heterocycles. The van der Waals surface area contributed by atoms with E-state index >= 15 is 0 Å². The number of imide groups is 2. The largest absolute Gasteiger partial charge is 0.497 e. The van der Waals surface area contributed by atoms with Crippen LogP contribution in [0.2, 0.25) is 0 Å². The number of nitrogens with one attached hydrogen (secondary N) is 1. The Bertz CT molecular complexity index is 1570. The number of urea groups is 1. The van der Waals surface area contributed by atoms with Crippen molar-refractivity contribution in [2.75, 3.05) is 38.8 Å². The van der Waals surface area contributed by atoms with Crippen molar-refractivity contribution < 1.29 is 23.9 Å². The van der Waals surface area contributed by atoms with Gasteiger partial charge in [0.1, 0.15) is 16.9 Å². The Morgan fingerprint density at radius 3 is 2.41 bits per heavy atom. The minimum Gasteiger partial charge on any atom is -0.497 e. The highest BCUT2D eigenvalue weighted by molar-refractivity contribution is 6.30. The van der Waals surface area contributed by atoms with E-state index in [1.165, 1.54) is 7.11 Å². The van der Waals surface area contributed by atoms with Crippen LogP contribution < -0.4 is 25.2 Å². The third kappa shape index (κ3) is 4.67. The summed E-state index contributed by atoms with van der Waals surface area (Å²) < 4.78 is 12.7. The van der Waals surface area contributed by atoms with Crippen LogP contribution in [0.1, 0.15) is 23.6 Å². The topological polar surface area (TPSA) is 110 Å². The van der Waals surface area contributed by atoms with E-state index in [1.807, 2.05) is 28.8 Å². The van der Waals surface area contributed by atoms with Crippen molar-refractivity contribution in [1.82, 2.24) is 14.8 Å². The SMILES string of the molecule is COc1ccc(N2C(=O)NC(=O)[C@](Cc3ccccc3OC)(CN3C[C@H]4C[C@H](C3)c3cccc(=O)n3C4)C2=O)cc1. The van der Waals surface area contributed by atoms with Crippen molar-refractivity contribution in [3.8, 4) is 11.5 Å². The van der Waals surface area contributed by atoms with Gasteiger partial charge in [0.25, 0.3) is 11.5 Å². The normalized spacial score (nSPS) is 24.0. The van der Waals surface area contributed by atoms with Crippen molar-refractivity contribution in [3.05, 3.63) is 88.3 Å². The van der Waals surface area contributed by atoms with E-state index in [1.54, 1.807) is 49.6 Å². The number of para-hydroxylation sites is 1. The minimum atomic E-state index is -1.61. The molecule has 4 amide bonds. The number of rotatable bonds is 7. The third-order valence-electron chi connectivity index (χ3n) is 8.53. The number of amides is 4. The predicted octanol–water partition coefficient (Wildman–Crippen LogP) is 2.80. The van der Waals surface area contributed by atoms with Crippen molar-refractivity contribution in [2.24, 2.45) is 11.3 Å². The molecule has 0 unspecified atom stereocenters. The Balaban J connectivity index is 1.39. The van der Waals surface area contributed by atoms with Gasteiger partial charge in [-0.2, -0.15) is 0 Å². The molecule has 0 radical (unpaired) electrons. The lowest BCUT2D eigenvalue weighted by Gasteiger charge is -2.47. The number of aromatic nitrogens is 1. The summed E-state index contributed by atoms with van der Waals surface area (Å²) in [5.74, 6) is 0.218. The number of carbonyl (C=O) groups excluding carboxylic acids is 3. The summed E-state index contributed by atoms with van der Waals surface area (Å²) >= 11 is 0. The minimum absolute atomic E-state index is 0.00576. The molecule has 0 aliphatic carbocycles. The standard InChI is InChI=1S/C31H32N4O6/c1-40-24-12-10-23(11-13-24)35-29(38)31(28(37)32-30(35)39,15-21-6-3-4-8-26(21)41-2)19-33-16-20-14-22(18-33)25-7-5-9-27(36)34(25)17-20/h3-13,20,22H,14-19H2,1-2H3,(H,32,37,39)/t20-,22-,31+/m1/s1. The molecule has 10 nitrogen and oxygen atoms in total. The first-order chi connectivity index (χ1) is 19.8. The molecular formula is C31H32N4O6. The average Bonchev–Trinajstić information content (AvgIpc) is 2.97. The number of barbiturate groups is 1. The zero-order valence-electron chi connectivity index (χ0n) is 23.0. The first-order valence-corrected chi connectivity index (χ1v) is 13.7. The van der Waals surface area contributed by atoms with Gasteiger partial charge in [0.05, 0.1) is 19.9 Å². The van der Waals surface area contributed by atoms with E-state index in [0.717, 1.165) is 17.0 Å². The molecule has 0 spiro atoms. The summed E-state index contributed by atoms with van der Waals surface area (Å²) in [6, 6.07) is 18.4. The molecule has 212 valence electrons. The van der Waals surface area contributed by atoms with Gasteiger partial charge in [0.2, 0.25) is 5.91 Å². The van der Waals surface area contributed by atoms with Crippen LogP contribution >= 0.6 is 0 Å². The number of methoxy groups -OCH3 is 2. The van der Waals surface area contributed by atoms with Crippen LogP contribution in [-0.4, -0.2) is 61.2 Å². The molecule has 2 bridgehead atoms. The maximum atomic E-state index is 14.5. The maximum absolute atomic E-state index is 14.5. The van der Waals surface area contributed by atoms with Gasteiger partial charge in [0.15, 0.2) is 0 Å². The zero-order chi connectivity index (χ0) is 28.7. The van der Waals surface area contributed by atoms with Gasteiger partial charge in [-0.3, -0.25) is 19.7 Å². The van der Waals surface area contributed by atoms with Gasteiger partial charge in [-0.05, 0) is 54.3 Å². The molecule has 2 fully saturated rings. The summed E-state index contributed by atoms with van der Waals surface area (Å²) in [5.41, 5.74) is 0.399. The van der Waals surface area contributed by atoms with Crippen LogP contribution in [0.5, 0.6) is 11.5 Å². The van der Waals surface area contributed by atoms with Crippen LogP contribution in [0.25, 0.3) is 0 Å². The first kappa shape index (κ1) is 26.8. The number of likely N-dealkylation sites (tertiary alicyclic amines) is 1. The number of nitrogens with zero attached hydrogens (tertiary/aromatic N) is 3. The highest BCUT2D eigenvalue weighted by atomic mass is 16.5. The van der Waals surface area contributed by atoms with Crippen LogP contribution in [0.15, 0.2) is 71.5 Å². The Labute approximate surface area is 237 Å². The van der Waals surface area contributed by atoms with Crippen LogP contribution in [-0.2, 0) is 22.6 Å². The first-order valence-electron chi connectivity index (χ1n) is 13.7. The van der Waals surface area contributed by atoms with E-state index < -0.39 is 23.3 Å². The second kappa shape index (κ2) is 10.5. The van der Waals surface area contributed by atoms with Crippen molar-refractivity contribution in [3.63, 3.8) is 0 Å². The van der Waals surface area contributed by atoms with Gasteiger partial charge >= 0.3 is 6.03 Å². The summed E-state index contributed by atoms with van der Waals surface area (Å²) in [6.07, 6.45) is 0.986. The summed E-state index contributed by atoms with van der Waals surface area (Å²) in [7, 11) is 3.08. The van der Waals surface area contributed by atoms with E-state index in [9.17, 15) is 19.2 Å². The number of piperidine rings is 1. The predicted molar refractivity (Wildman–Crippen MR) is 151 cm³/mol. The van der Waals surface area contributed by atoms with Gasteiger partial charge in [0, 0.05) is 50.3 Å². The van der Waals surface area contributed by atoms with E-state index in [0.29, 0.717) is 42.4 Å². The van der Waals surface area contributed by atoms with Gasteiger partial charge in [-0.25, -0.2) is 9.69 Å². The molecule has 3 aromatic rings. The molecule has 2 aromatic carbocycles. The maximum Gasteiger partial charge on any atom is 0.335 e. The third-order valence-corrected chi connectivity index (χ3v) is 8.53. The molecule has 1 aromatic heterocycles.